The summed E-state index contributed by atoms with van der Waals surface area (Å²) >= 11 is 3.53. The Hall–Kier alpha value is -1.39. The highest BCUT2D eigenvalue weighted by Crippen LogP contribution is 2.28. The molecule has 0 aliphatic carbocycles. The standard InChI is InChI=1S/C16H19BrN2O/c1-11-13(5-4-8-19-11)15(18-2)10-12-6-7-16(20-3)14(17)9-12/h4-9,15,18H,10H2,1-3H3. The number of aromatic nitrogens is 1. The van der Waals surface area contributed by atoms with Crippen LogP contribution in [-0.2, 0) is 6.42 Å². The van der Waals surface area contributed by atoms with Crippen LogP contribution in [0.15, 0.2) is 41.0 Å². The molecule has 0 aliphatic rings. The van der Waals surface area contributed by atoms with Gasteiger partial charge in [0.05, 0.1) is 11.6 Å². The van der Waals surface area contributed by atoms with Gasteiger partial charge in [0.2, 0.25) is 0 Å². The summed E-state index contributed by atoms with van der Waals surface area (Å²) in [5.74, 6) is 0.854. The number of nitrogens with one attached hydrogen (secondary N) is 1. The third-order valence-electron chi connectivity index (χ3n) is 3.43. The average Bonchev–Trinajstić information content (AvgIpc) is 2.46. The highest BCUT2D eigenvalue weighted by molar-refractivity contribution is 9.10. The van der Waals surface area contributed by atoms with Crippen molar-refractivity contribution in [2.75, 3.05) is 14.2 Å². The van der Waals surface area contributed by atoms with E-state index >= 15 is 0 Å². The van der Waals surface area contributed by atoms with Gasteiger partial charge in [-0.15, -0.1) is 0 Å². The molecule has 0 saturated carbocycles. The Labute approximate surface area is 128 Å². The van der Waals surface area contributed by atoms with Crippen LogP contribution in [0.3, 0.4) is 0 Å². The van der Waals surface area contributed by atoms with Crippen molar-refractivity contribution in [3.05, 3.63) is 57.8 Å². The van der Waals surface area contributed by atoms with Gasteiger partial charge >= 0.3 is 0 Å². The summed E-state index contributed by atoms with van der Waals surface area (Å²) in [7, 11) is 3.66. The number of rotatable bonds is 5. The molecule has 0 aliphatic heterocycles. The Morgan fingerprint density at radius 1 is 1.35 bits per heavy atom. The Kier molecular flexibility index (Phi) is 5.15. The Bertz CT molecular complexity index is 586. The summed E-state index contributed by atoms with van der Waals surface area (Å²) in [4.78, 5) is 4.37. The molecule has 0 bridgehead atoms. The van der Waals surface area contributed by atoms with E-state index in [4.69, 9.17) is 4.74 Å². The van der Waals surface area contributed by atoms with Crippen LogP contribution >= 0.6 is 15.9 Å². The molecular formula is C16H19BrN2O. The lowest BCUT2D eigenvalue weighted by Crippen LogP contribution is -2.20. The van der Waals surface area contributed by atoms with E-state index in [1.54, 1.807) is 7.11 Å². The van der Waals surface area contributed by atoms with Crippen LogP contribution in [0.1, 0.15) is 22.9 Å². The Morgan fingerprint density at radius 3 is 2.75 bits per heavy atom. The molecule has 1 N–H and O–H groups in total. The predicted octanol–water partition coefficient (Wildman–Crippen LogP) is 3.66. The minimum atomic E-state index is 0.254. The molecule has 3 nitrogen and oxygen atoms in total. The molecule has 1 aromatic heterocycles. The molecule has 2 rings (SSSR count). The van der Waals surface area contributed by atoms with Crippen LogP contribution < -0.4 is 10.1 Å². The molecule has 0 fully saturated rings. The number of hydrogen-bond acceptors (Lipinski definition) is 3. The zero-order valence-corrected chi connectivity index (χ0v) is 13.6. The van der Waals surface area contributed by atoms with Crippen molar-refractivity contribution in [2.45, 2.75) is 19.4 Å². The first-order chi connectivity index (χ1) is 9.65. The molecule has 20 heavy (non-hydrogen) atoms. The molecule has 1 aromatic carbocycles. The predicted molar refractivity (Wildman–Crippen MR) is 85.2 cm³/mol. The molecule has 4 heteroatoms. The van der Waals surface area contributed by atoms with Crippen LogP contribution in [0.25, 0.3) is 0 Å². The quantitative estimate of drug-likeness (QED) is 0.905. The number of likely N-dealkylation sites (N-methyl/N-ethyl adjacent to an activating group) is 1. The largest absolute Gasteiger partial charge is 0.496 e. The zero-order chi connectivity index (χ0) is 14.5. The SMILES string of the molecule is CNC(Cc1ccc(OC)c(Br)c1)c1cccnc1C. The highest BCUT2D eigenvalue weighted by Gasteiger charge is 2.13. The molecule has 1 heterocycles. The molecule has 1 atom stereocenters. The number of ether oxygens (including phenoxy) is 1. The Balaban J connectivity index is 2.23. The molecule has 1 unspecified atom stereocenters. The monoisotopic (exact) mass is 334 g/mol. The third-order valence-corrected chi connectivity index (χ3v) is 4.05. The van der Waals surface area contributed by atoms with E-state index in [9.17, 15) is 0 Å². The normalized spacial score (nSPS) is 12.2. The number of methoxy groups -OCH3 is 1. The van der Waals surface area contributed by atoms with Gasteiger partial charge in [0.25, 0.3) is 0 Å². The number of aryl methyl sites for hydroxylation is 1. The second kappa shape index (κ2) is 6.86. The maximum atomic E-state index is 5.26. The van der Waals surface area contributed by atoms with E-state index in [1.807, 2.05) is 32.3 Å². The van der Waals surface area contributed by atoms with E-state index in [-0.39, 0.29) is 6.04 Å². The summed E-state index contributed by atoms with van der Waals surface area (Å²) in [5, 5.41) is 3.37. The van der Waals surface area contributed by atoms with Crippen molar-refractivity contribution < 1.29 is 4.74 Å². The summed E-state index contributed by atoms with van der Waals surface area (Å²) in [6, 6.07) is 10.6. The molecule has 0 radical (unpaired) electrons. The third kappa shape index (κ3) is 3.38. The number of hydrogen-bond donors (Lipinski definition) is 1. The van der Waals surface area contributed by atoms with E-state index in [1.165, 1.54) is 11.1 Å². The fraction of sp³-hybridized carbons (Fsp3) is 0.312. The number of halogens is 1. The van der Waals surface area contributed by atoms with Gasteiger partial charge in [-0.05, 0) is 65.6 Å². The average molecular weight is 335 g/mol. The van der Waals surface area contributed by atoms with Crippen molar-refractivity contribution in [1.82, 2.24) is 10.3 Å². The highest BCUT2D eigenvalue weighted by atomic mass is 79.9. The minimum Gasteiger partial charge on any atom is -0.496 e. The summed E-state index contributed by atoms with van der Waals surface area (Å²) in [6.45, 7) is 2.05. The van der Waals surface area contributed by atoms with Crippen LogP contribution in [-0.4, -0.2) is 19.1 Å². The first kappa shape index (κ1) is 15.0. The van der Waals surface area contributed by atoms with Crippen molar-refractivity contribution >= 4 is 15.9 Å². The number of pyridine rings is 1. The molecule has 0 amide bonds. The van der Waals surface area contributed by atoms with Gasteiger partial charge in [0.1, 0.15) is 5.75 Å². The van der Waals surface area contributed by atoms with Crippen molar-refractivity contribution in [2.24, 2.45) is 0 Å². The number of benzene rings is 1. The van der Waals surface area contributed by atoms with Gasteiger partial charge in [-0.25, -0.2) is 0 Å². The van der Waals surface area contributed by atoms with Gasteiger partial charge in [-0.3, -0.25) is 4.98 Å². The van der Waals surface area contributed by atoms with Crippen LogP contribution in [0.4, 0.5) is 0 Å². The van der Waals surface area contributed by atoms with Gasteiger partial charge in [-0.1, -0.05) is 12.1 Å². The lowest BCUT2D eigenvalue weighted by atomic mass is 9.98. The van der Waals surface area contributed by atoms with E-state index in [0.717, 1.165) is 22.3 Å². The fourth-order valence-corrected chi connectivity index (χ4v) is 2.89. The molecule has 2 aromatic rings. The summed E-state index contributed by atoms with van der Waals surface area (Å²) in [5.41, 5.74) is 3.56. The molecular weight excluding hydrogens is 316 g/mol. The minimum absolute atomic E-state index is 0.254. The van der Waals surface area contributed by atoms with Crippen molar-refractivity contribution in [3.63, 3.8) is 0 Å². The van der Waals surface area contributed by atoms with E-state index < -0.39 is 0 Å². The van der Waals surface area contributed by atoms with Crippen molar-refractivity contribution in [3.8, 4) is 5.75 Å². The van der Waals surface area contributed by atoms with E-state index in [2.05, 4.69) is 44.4 Å². The van der Waals surface area contributed by atoms with Crippen LogP contribution in [0.5, 0.6) is 5.75 Å². The maximum Gasteiger partial charge on any atom is 0.133 e. The van der Waals surface area contributed by atoms with Crippen LogP contribution in [0, 0.1) is 6.92 Å². The topological polar surface area (TPSA) is 34.1 Å². The second-order valence-electron chi connectivity index (χ2n) is 4.69. The van der Waals surface area contributed by atoms with Crippen LogP contribution in [0.2, 0.25) is 0 Å². The van der Waals surface area contributed by atoms with Gasteiger partial charge in [-0.2, -0.15) is 0 Å². The molecule has 0 saturated heterocycles. The number of nitrogens with zero attached hydrogens (tertiary/aromatic N) is 1. The molecule has 0 spiro atoms. The first-order valence-corrected chi connectivity index (χ1v) is 7.36. The van der Waals surface area contributed by atoms with Gasteiger partial charge in [0.15, 0.2) is 0 Å². The van der Waals surface area contributed by atoms with Gasteiger partial charge in [0, 0.05) is 17.9 Å². The smallest absolute Gasteiger partial charge is 0.133 e. The maximum absolute atomic E-state index is 5.26. The lowest BCUT2D eigenvalue weighted by molar-refractivity contribution is 0.412. The summed E-state index contributed by atoms with van der Waals surface area (Å²) < 4.78 is 6.24. The Morgan fingerprint density at radius 2 is 2.15 bits per heavy atom. The second-order valence-corrected chi connectivity index (χ2v) is 5.55. The first-order valence-electron chi connectivity index (χ1n) is 6.57. The van der Waals surface area contributed by atoms with Crippen molar-refractivity contribution in [1.29, 1.82) is 0 Å². The fourth-order valence-electron chi connectivity index (χ4n) is 2.31. The van der Waals surface area contributed by atoms with Gasteiger partial charge < -0.3 is 10.1 Å². The zero-order valence-electron chi connectivity index (χ0n) is 12.0. The lowest BCUT2D eigenvalue weighted by Gasteiger charge is -2.18. The molecule has 106 valence electrons. The summed E-state index contributed by atoms with van der Waals surface area (Å²) in [6.07, 6.45) is 2.74. The van der Waals surface area contributed by atoms with E-state index in [0.29, 0.717) is 0 Å².